The van der Waals surface area contributed by atoms with E-state index in [1.807, 2.05) is 12.1 Å². The maximum atomic E-state index is 6.46. The van der Waals surface area contributed by atoms with Gasteiger partial charge in [-0.05, 0) is 64.9 Å². The van der Waals surface area contributed by atoms with Crippen LogP contribution in [0.5, 0.6) is 0 Å². The Kier molecular flexibility index (Phi) is 4.96. The van der Waals surface area contributed by atoms with E-state index >= 15 is 0 Å². The summed E-state index contributed by atoms with van der Waals surface area (Å²) in [6.07, 6.45) is 0. The highest BCUT2D eigenvalue weighted by molar-refractivity contribution is 6.10. The Bertz CT molecular complexity index is 2630. The van der Waals surface area contributed by atoms with Gasteiger partial charge in [-0.1, -0.05) is 103 Å². The number of hydrogen-bond donors (Lipinski definition) is 0. The first kappa shape index (κ1) is 24.3. The Morgan fingerprint density at radius 3 is 2.20 bits per heavy atom. The first-order valence-electron chi connectivity index (χ1n) is 15.2. The Morgan fingerprint density at radius 1 is 0.511 bits per heavy atom. The van der Waals surface area contributed by atoms with Gasteiger partial charge in [0.05, 0.1) is 22.4 Å². The molecule has 0 amide bonds. The van der Waals surface area contributed by atoms with E-state index in [2.05, 4.69) is 149 Å². The van der Waals surface area contributed by atoms with Gasteiger partial charge in [-0.2, -0.15) is 0 Å². The molecule has 4 heteroatoms. The molecular formula is C41H25N3O. The van der Waals surface area contributed by atoms with Crippen LogP contribution in [0.2, 0.25) is 0 Å². The summed E-state index contributed by atoms with van der Waals surface area (Å²) in [5, 5.41) is 4.65. The second-order valence-corrected chi connectivity index (χ2v) is 11.6. The van der Waals surface area contributed by atoms with Crippen molar-refractivity contribution in [3.05, 3.63) is 152 Å². The van der Waals surface area contributed by atoms with Crippen molar-refractivity contribution >= 4 is 61.1 Å². The quantitative estimate of drug-likeness (QED) is 0.206. The molecule has 9 aromatic rings. The van der Waals surface area contributed by atoms with Crippen molar-refractivity contribution in [2.75, 3.05) is 4.90 Å². The Labute approximate surface area is 259 Å². The molecule has 0 fully saturated rings. The highest BCUT2D eigenvalue weighted by Gasteiger charge is 2.29. The summed E-state index contributed by atoms with van der Waals surface area (Å²) in [6.45, 7) is 0. The number of furan rings is 1. The van der Waals surface area contributed by atoms with Gasteiger partial charge in [0.15, 0.2) is 0 Å². The molecule has 1 aliphatic heterocycles. The number of rotatable bonds is 2. The summed E-state index contributed by atoms with van der Waals surface area (Å²) < 4.78 is 8.76. The van der Waals surface area contributed by atoms with Crippen LogP contribution >= 0.6 is 0 Å². The van der Waals surface area contributed by atoms with Crippen LogP contribution in [0.15, 0.2) is 156 Å². The average Bonchev–Trinajstić information content (AvgIpc) is 3.64. The van der Waals surface area contributed by atoms with Gasteiger partial charge in [0.2, 0.25) is 5.95 Å². The molecule has 0 bridgehead atoms. The third-order valence-corrected chi connectivity index (χ3v) is 9.10. The fraction of sp³-hybridized carbons (Fsp3) is 0. The highest BCUT2D eigenvalue weighted by Crippen LogP contribution is 2.49. The zero-order valence-corrected chi connectivity index (χ0v) is 24.2. The molecule has 0 saturated carbocycles. The van der Waals surface area contributed by atoms with Crippen molar-refractivity contribution < 1.29 is 4.42 Å². The molecule has 210 valence electrons. The predicted octanol–water partition coefficient (Wildman–Crippen LogP) is 11.2. The molecule has 0 unspecified atom stereocenters. The van der Waals surface area contributed by atoms with E-state index in [1.165, 1.54) is 21.9 Å². The maximum absolute atomic E-state index is 6.46. The van der Waals surface area contributed by atoms with E-state index in [9.17, 15) is 0 Å². The van der Waals surface area contributed by atoms with Gasteiger partial charge >= 0.3 is 0 Å². The SMILES string of the molecule is c1cc(-c2cccc3c2oc2ccccc23)cc(N2c3cc4ccccc4cc3-c3ccccc3-n3c2nc2ccccc23)c1. The van der Waals surface area contributed by atoms with Gasteiger partial charge in [-0.3, -0.25) is 9.47 Å². The topological polar surface area (TPSA) is 34.2 Å². The average molecular weight is 576 g/mol. The first-order valence-corrected chi connectivity index (χ1v) is 15.2. The molecule has 2 aromatic heterocycles. The van der Waals surface area contributed by atoms with Crippen LogP contribution in [0.1, 0.15) is 0 Å². The zero-order valence-electron chi connectivity index (χ0n) is 24.2. The smallest absolute Gasteiger partial charge is 0.220 e. The molecule has 0 radical (unpaired) electrons. The largest absolute Gasteiger partial charge is 0.455 e. The van der Waals surface area contributed by atoms with Gasteiger partial charge < -0.3 is 4.42 Å². The van der Waals surface area contributed by atoms with Gasteiger partial charge in [-0.15, -0.1) is 0 Å². The molecule has 0 atom stereocenters. The molecule has 10 rings (SSSR count). The molecule has 45 heavy (non-hydrogen) atoms. The van der Waals surface area contributed by atoms with Crippen LogP contribution in [0.25, 0.3) is 71.7 Å². The van der Waals surface area contributed by atoms with Crippen molar-refractivity contribution in [2.45, 2.75) is 0 Å². The lowest BCUT2D eigenvalue weighted by Gasteiger charge is -2.25. The van der Waals surface area contributed by atoms with Crippen LogP contribution in [-0.2, 0) is 0 Å². The summed E-state index contributed by atoms with van der Waals surface area (Å²) in [5.74, 6) is 0.858. The third-order valence-electron chi connectivity index (χ3n) is 9.10. The second-order valence-electron chi connectivity index (χ2n) is 11.6. The van der Waals surface area contributed by atoms with E-state index in [-0.39, 0.29) is 0 Å². The number of benzene rings is 7. The van der Waals surface area contributed by atoms with Gasteiger partial charge in [0.25, 0.3) is 0 Å². The lowest BCUT2D eigenvalue weighted by molar-refractivity contribution is 0.670. The predicted molar refractivity (Wildman–Crippen MR) is 185 cm³/mol. The van der Waals surface area contributed by atoms with E-state index in [4.69, 9.17) is 9.40 Å². The number of anilines is 3. The van der Waals surface area contributed by atoms with Crippen LogP contribution in [0.4, 0.5) is 17.3 Å². The molecule has 4 nitrogen and oxygen atoms in total. The van der Waals surface area contributed by atoms with Crippen LogP contribution < -0.4 is 4.90 Å². The number of hydrogen-bond acceptors (Lipinski definition) is 3. The fourth-order valence-electron chi connectivity index (χ4n) is 7.08. The Hall–Kier alpha value is -6.13. The molecule has 0 N–H and O–H groups in total. The minimum atomic E-state index is 0.858. The summed E-state index contributed by atoms with van der Waals surface area (Å²) in [4.78, 5) is 7.62. The zero-order chi connectivity index (χ0) is 29.5. The van der Waals surface area contributed by atoms with Crippen LogP contribution in [-0.4, -0.2) is 9.55 Å². The molecule has 0 spiro atoms. The molecule has 7 aromatic carbocycles. The number of nitrogens with zero attached hydrogens (tertiary/aromatic N) is 3. The van der Waals surface area contributed by atoms with Crippen LogP contribution in [0.3, 0.4) is 0 Å². The second kappa shape index (κ2) is 9.18. The lowest BCUT2D eigenvalue weighted by atomic mass is 9.97. The maximum Gasteiger partial charge on any atom is 0.220 e. The Morgan fingerprint density at radius 2 is 1.24 bits per heavy atom. The highest BCUT2D eigenvalue weighted by atomic mass is 16.3. The van der Waals surface area contributed by atoms with E-state index in [0.29, 0.717) is 0 Å². The number of para-hydroxylation sites is 5. The summed E-state index contributed by atoms with van der Waals surface area (Å²) in [7, 11) is 0. The fourth-order valence-corrected chi connectivity index (χ4v) is 7.08. The van der Waals surface area contributed by atoms with E-state index in [1.54, 1.807) is 0 Å². The van der Waals surface area contributed by atoms with Crippen LogP contribution in [0, 0.1) is 0 Å². The van der Waals surface area contributed by atoms with E-state index < -0.39 is 0 Å². The molecule has 3 heterocycles. The minimum absolute atomic E-state index is 0.858. The van der Waals surface area contributed by atoms with E-state index in [0.717, 1.165) is 67.1 Å². The number of imidazole rings is 1. The summed E-state index contributed by atoms with van der Waals surface area (Å²) in [6, 6.07) is 53.7. The van der Waals surface area contributed by atoms with Crippen molar-refractivity contribution in [2.24, 2.45) is 0 Å². The number of aromatic nitrogens is 2. The molecule has 0 aliphatic carbocycles. The molecule has 0 saturated heterocycles. The minimum Gasteiger partial charge on any atom is -0.455 e. The van der Waals surface area contributed by atoms with Crippen molar-refractivity contribution in [3.63, 3.8) is 0 Å². The summed E-state index contributed by atoms with van der Waals surface area (Å²) >= 11 is 0. The summed E-state index contributed by atoms with van der Waals surface area (Å²) in [5.41, 5.74) is 11.6. The van der Waals surface area contributed by atoms with Crippen molar-refractivity contribution in [1.82, 2.24) is 9.55 Å². The molecule has 1 aliphatic rings. The van der Waals surface area contributed by atoms with Gasteiger partial charge in [0, 0.05) is 33.2 Å². The van der Waals surface area contributed by atoms with Crippen molar-refractivity contribution in [3.8, 4) is 27.9 Å². The molecular weight excluding hydrogens is 550 g/mol. The first-order chi connectivity index (χ1) is 22.3. The standard InChI is InChI=1S/C41H25N3O/c1-2-12-27-25-38-34(24-26(27)11-1)31-15-3-6-20-36(31)44-37-21-7-5-19-35(37)42-41(44)43(38)29-14-9-13-28(23-29)30-17-10-18-33-32-16-4-8-22-39(32)45-40(30)33/h1-25H. The van der Waals surface area contributed by atoms with Gasteiger partial charge in [-0.25, -0.2) is 4.98 Å². The Balaban J connectivity index is 1.28. The lowest BCUT2D eigenvalue weighted by Crippen LogP contribution is -2.14. The normalized spacial score (nSPS) is 12.4. The third kappa shape index (κ3) is 3.51. The number of fused-ring (bicyclic) bond motifs is 11. The monoisotopic (exact) mass is 575 g/mol. The van der Waals surface area contributed by atoms with Crippen molar-refractivity contribution in [1.29, 1.82) is 0 Å². The van der Waals surface area contributed by atoms with Gasteiger partial charge in [0.1, 0.15) is 11.2 Å².